The Labute approximate surface area is 89.2 Å². The van der Waals surface area contributed by atoms with Crippen LogP contribution in [0.2, 0.25) is 0 Å². The van der Waals surface area contributed by atoms with E-state index in [-0.39, 0.29) is 29.5 Å². The molecular weight excluding hydrogens is 200 g/mol. The first kappa shape index (κ1) is 11.4. The second kappa shape index (κ2) is 5.26. The molecule has 5 heteroatoms. The van der Waals surface area contributed by atoms with Gasteiger partial charge in [0.15, 0.2) is 0 Å². The molecule has 0 spiro atoms. The molecule has 0 aliphatic heterocycles. The second-order valence-corrected chi connectivity index (χ2v) is 4.10. The summed E-state index contributed by atoms with van der Waals surface area (Å²) in [6.07, 6.45) is 3.30. The summed E-state index contributed by atoms with van der Waals surface area (Å²) < 4.78 is 5.20. The Bertz CT molecular complexity index is 233. The lowest BCUT2D eigenvalue weighted by molar-refractivity contribution is -0.120. The predicted molar refractivity (Wildman–Crippen MR) is 58.0 cm³/mol. The highest BCUT2D eigenvalue weighted by Gasteiger charge is 2.25. The van der Waals surface area contributed by atoms with Gasteiger partial charge in [-0.25, -0.2) is 0 Å². The fourth-order valence-corrected chi connectivity index (χ4v) is 1.85. The first-order valence-corrected chi connectivity index (χ1v) is 5.13. The van der Waals surface area contributed by atoms with E-state index in [1.807, 2.05) is 0 Å². The average Bonchev–Trinajstić information content (AvgIpc) is 2.50. The van der Waals surface area contributed by atoms with Crippen molar-refractivity contribution in [1.29, 1.82) is 0 Å². The van der Waals surface area contributed by atoms with Crippen LogP contribution in [0, 0.1) is 0 Å². The number of rotatable bonds is 4. The minimum absolute atomic E-state index is 0.0840. The van der Waals surface area contributed by atoms with Gasteiger partial charge >= 0.3 is 0 Å². The molecule has 2 atom stereocenters. The number of ether oxygens (including phenoxy) is 1. The van der Waals surface area contributed by atoms with Gasteiger partial charge in [-0.05, 0) is 19.3 Å². The number of carbonyl (C=O) groups excluding carboxylic acids is 1. The number of carbonyl (C=O) groups is 1. The normalized spacial score (nSPS) is 26.1. The van der Waals surface area contributed by atoms with Crippen molar-refractivity contribution in [3.63, 3.8) is 0 Å². The molecule has 1 saturated carbocycles. The van der Waals surface area contributed by atoms with Crippen LogP contribution in [-0.2, 0) is 9.53 Å². The SMILES string of the molecule is COC1CCC(NC(=O)CC(N)=S)C1. The van der Waals surface area contributed by atoms with Crippen molar-refractivity contribution in [2.24, 2.45) is 5.73 Å². The molecule has 1 rings (SSSR count). The molecule has 0 saturated heterocycles. The van der Waals surface area contributed by atoms with Crippen molar-refractivity contribution in [1.82, 2.24) is 5.32 Å². The molecule has 0 heterocycles. The highest BCUT2D eigenvalue weighted by atomic mass is 32.1. The van der Waals surface area contributed by atoms with E-state index in [1.54, 1.807) is 7.11 Å². The molecule has 14 heavy (non-hydrogen) atoms. The lowest BCUT2D eigenvalue weighted by atomic mass is 10.2. The number of nitrogens with one attached hydrogen (secondary N) is 1. The summed E-state index contributed by atoms with van der Waals surface area (Å²) in [5, 5.41) is 2.89. The third-order valence-electron chi connectivity index (χ3n) is 2.42. The van der Waals surface area contributed by atoms with Crippen LogP contribution in [-0.4, -0.2) is 30.2 Å². The Morgan fingerprint density at radius 2 is 2.36 bits per heavy atom. The zero-order valence-electron chi connectivity index (χ0n) is 8.29. The highest BCUT2D eigenvalue weighted by molar-refractivity contribution is 7.80. The molecule has 0 aromatic heterocycles. The van der Waals surface area contributed by atoms with E-state index in [0.29, 0.717) is 0 Å². The average molecular weight is 216 g/mol. The zero-order chi connectivity index (χ0) is 10.6. The number of hydrogen-bond donors (Lipinski definition) is 2. The summed E-state index contributed by atoms with van der Waals surface area (Å²) in [5.41, 5.74) is 5.27. The molecule has 3 N–H and O–H groups in total. The lowest BCUT2D eigenvalue weighted by Gasteiger charge is -2.12. The van der Waals surface area contributed by atoms with Crippen LogP contribution in [0.5, 0.6) is 0 Å². The summed E-state index contributed by atoms with van der Waals surface area (Å²) in [7, 11) is 1.70. The van der Waals surface area contributed by atoms with Crippen LogP contribution in [0.3, 0.4) is 0 Å². The van der Waals surface area contributed by atoms with Crippen molar-refractivity contribution in [3.8, 4) is 0 Å². The van der Waals surface area contributed by atoms with Gasteiger partial charge in [-0.3, -0.25) is 4.79 Å². The molecular formula is C9H16N2O2S. The van der Waals surface area contributed by atoms with Crippen molar-refractivity contribution >= 4 is 23.1 Å². The van der Waals surface area contributed by atoms with Crippen LogP contribution in [0.15, 0.2) is 0 Å². The van der Waals surface area contributed by atoms with E-state index in [4.69, 9.17) is 10.5 Å². The fourth-order valence-electron chi connectivity index (χ4n) is 1.72. The third-order valence-corrected chi connectivity index (χ3v) is 2.56. The highest BCUT2D eigenvalue weighted by Crippen LogP contribution is 2.21. The van der Waals surface area contributed by atoms with Gasteiger partial charge in [0.25, 0.3) is 0 Å². The van der Waals surface area contributed by atoms with Crippen LogP contribution >= 0.6 is 12.2 Å². The number of amides is 1. The van der Waals surface area contributed by atoms with Gasteiger partial charge in [-0.2, -0.15) is 0 Å². The first-order valence-electron chi connectivity index (χ1n) is 4.72. The first-order chi connectivity index (χ1) is 6.61. The van der Waals surface area contributed by atoms with Gasteiger partial charge < -0.3 is 15.8 Å². The quantitative estimate of drug-likeness (QED) is 0.665. The summed E-state index contributed by atoms with van der Waals surface area (Å²) in [6.45, 7) is 0. The maximum Gasteiger partial charge on any atom is 0.227 e. The van der Waals surface area contributed by atoms with Crippen molar-refractivity contribution in [2.75, 3.05) is 7.11 Å². The number of thiocarbonyl (C=S) groups is 1. The van der Waals surface area contributed by atoms with Crippen LogP contribution in [0.4, 0.5) is 0 Å². The van der Waals surface area contributed by atoms with Gasteiger partial charge in [0, 0.05) is 13.2 Å². The molecule has 1 fully saturated rings. The van der Waals surface area contributed by atoms with Crippen LogP contribution in [0.1, 0.15) is 25.7 Å². The fraction of sp³-hybridized carbons (Fsp3) is 0.778. The minimum Gasteiger partial charge on any atom is -0.393 e. The molecule has 1 aliphatic rings. The van der Waals surface area contributed by atoms with Gasteiger partial charge in [-0.15, -0.1) is 0 Å². The minimum atomic E-state index is -0.0840. The van der Waals surface area contributed by atoms with E-state index < -0.39 is 0 Å². The lowest BCUT2D eigenvalue weighted by Crippen LogP contribution is -2.35. The monoisotopic (exact) mass is 216 g/mol. The molecule has 0 aromatic carbocycles. The molecule has 0 radical (unpaired) electrons. The Morgan fingerprint density at radius 1 is 1.64 bits per heavy atom. The maximum atomic E-state index is 11.3. The smallest absolute Gasteiger partial charge is 0.227 e. The van der Waals surface area contributed by atoms with Crippen molar-refractivity contribution < 1.29 is 9.53 Å². The summed E-state index contributed by atoms with van der Waals surface area (Å²) in [6, 6.07) is 0.224. The molecule has 80 valence electrons. The molecule has 4 nitrogen and oxygen atoms in total. The van der Waals surface area contributed by atoms with Crippen LogP contribution < -0.4 is 11.1 Å². The molecule has 0 aromatic rings. The van der Waals surface area contributed by atoms with Gasteiger partial charge in [0.1, 0.15) is 0 Å². The summed E-state index contributed by atoms with van der Waals surface area (Å²) >= 11 is 4.65. The largest absolute Gasteiger partial charge is 0.393 e. The maximum absolute atomic E-state index is 11.3. The molecule has 1 amide bonds. The zero-order valence-corrected chi connectivity index (χ0v) is 9.10. The van der Waals surface area contributed by atoms with E-state index in [0.717, 1.165) is 19.3 Å². The van der Waals surface area contributed by atoms with E-state index in [2.05, 4.69) is 17.5 Å². The van der Waals surface area contributed by atoms with Gasteiger partial charge in [0.05, 0.1) is 17.5 Å². The standard InChI is InChI=1S/C9H16N2O2S/c1-13-7-3-2-6(4-7)11-9(12)5-8(10)14/h6-7H,2-5H2,1H3,(H2,10,14)(H,11,12). The Hall–Kier alpha value is -0.680. The number of hydrogen-bond acceptors (Lipinski definition) is 3. The Balaban J connectivity index is 2.25. The second-order valence-electron chi connectivity index (χ2n) is 3.58. The van der Waals surface area contributed by atoms with Gasteiger partial charge in [0.2, 0.25) is 5.91 Å². The van der Waals surface area contributed by atoms with E-state index >= 15 is 0 Å². The Morgan fingerprint density at radius 3 is 2.86 bits per heavy atom. The molecule has 2 unspecified atom stereocenters. The topological polar surface area (TPSA) is 64.3 Å². The van der Waals surface area contributed by atoms with Crippen molar-refractivity contribution in [3.05, 3.63) is 0 Å². The summed E-state index contributed by atoms with van der Waals surface area (Å²) in [5.74, 6) is -0.0840. The number of methoxy groups -OCH3 is 1. The van der Waals surface area contributed by atoms with E-state index in [1.165, 1.54) is 0 Å². The Kier molecular flexibility index (Phi) is 4.28. The third kappa shape index (κ3) is 3.59. The predicted octanol–water partition coefficient (Wildman–Crippen LogP) is 0.346. The van der Waals surface area contributed by atoms with Crippen molar-refractivity contribution in [2.45, 2.75) is 37.8 Å². The molecule has 0 bridgehead atoms. The van der Waals surface area contributed by atoms with E-state index in [9.17, 15) is 4.79 Å². The molecule has 1 aliphatic carbocycles. The van der Waals surface area contributed by atoms with Crippen LogP contribution in [0.25, 0.3) is 0 Å². The van der Waals surface area contributed by atoms with Gasteiger partial charge in [-0.1, -0.05) is 12.2 Å². The number of nitrogens with two attached hydrogens (primary N) is 1. The summed E-state index contributed by atoms with van der Waals surface area (Å²) in [4.78, 5) is 11.5.